The number of rotatable bonds is 7. The molecule has 1 saturated heterocycles. The highest BCUT2D eigenvalue weighted by Gasteiger charge is 2.29. The van der Waals surface area contributed by atoms with Crippen LogP contribution in [0, 0.1) is 0 Å². The van der Waals surface area contributed by atoms with Crippen molar-refractivity contribution in [1.29, 1.82) is 0 Å². The van der Waals surface area contributed by atoms with Crippen LogP contribution < -0.4 is 10.1 Å². The SMILES string of the molecule is CCC(=O)Nc1cc(S(=O)(=O)N2CCN(Cc3ccccc3)CC2)ccc1OC. The first kappa shape index (κ1) is 21.3. The molecule has 1 fully saturated rings. The average Bonchev–Trinajstić information content (AvgIpc) is 2.74. The third-order valence-corrected chi connectivity index (χ3v) is 6.88. The van der Waals surface area contributed by atoms with Crippen LogP contribution in [0.2, 0.25) is 0 Å². The van der Waals surface area contributed by atoms with E-state index >= 15 is 0 Å². The van der Waals surface area contributed by atoms with E-state index in [1.807, 2.05) is 18.2 Å². The minimum absolute atomic E-state index is 0.154. The monoisotopic (exact) mass is 417 g/mol. The van der Waals surface area contributed by atoms with E-state index < -0.39 is 10.0 Å². The molecule has 156 valence electrons. The summed E-state index contributed by atoms with van der Waals surface area (Å²) in [5, 5.41) is 2.71. The fraction of sp³-hybridized carbons (Fsp3) is 0.381. The van der Waals surface area contributed by atoms with Crippen molar-refractivity contribution >= 4 is 21.6 Å². The zero-order chi connectivity index (χ0) is 20.9. The maximum Gasteiger partial charge on any atom is 0.243 e. The lowest BCUT2D eigenvalue weighted by atomic mass is 10.2. The Labute approximate surface area is 172 Å². The van der Waals surface area contributed by atoms with Crippen molar-refractivity contribution in [2.24, 2.45) is 0 Å². The highest BCUT2D eigenvalue weighted by molar-refractivity contribution is 7.89. The molecule has 0 spiro atoms. The van der Waals surface area contributed by atoms with Crippen LogP contribution in [-0.2, 0) is 21.4 Å². The number of ether oxygens (including phenoxy) is 1. The van der Waals surface area contributed by atoms with Crippen LogP contribution in [0.1, 0.15) is 18.9 Å². The number of amides is 1. The fourth-order valence-corrected chi connectivity index (χ4v) is 4.75. The Bertz CT molecular complexity index is 940. The highest BCUT2D eigenvalue weighted by Crippen LogP contribution is 2.29. The molecule has 8 heteroatoms. The van der Waals surface area contributed by atoms with E-state index in [-0.39, 0.29) is 10.8 Å². The Morgan fingerprint density at radius 3 is 2.38 bits per heavy atom. The van der Waals surface area contributed by atoms with Crippen LogP contribution >= 0.6 is 0 Å². The van der Waals surface area contributed by atoms with Crippen molar-refractivity contribution in [3.05, 3.63) is 54.1 Å². The molecule has 0 atom stereocenters. The molecule has 0 unspecified atom stereocenters. The highest BCUT2D eigenvalue weighted by atomic mass is 32.2. The molecule has 0 saturated carbocycles. The Morgan fingerprint density at radius 1 is 1.07 bits per heavy atom. The first-order valence-electron chi connectivity index (χ1n) is 9.68. The molecular formula is C21H27N3O4S. The van der Waals surface area contributed by atoms with E-state index in [0.29, 0.717) is 44.0 Å². The molecule has 1 aliphatic heterocycles. The summed E-state index contributed by atoms with van der Waals surface area (Å²) < 4.78 is 33.0. The average molecular weight is 418 g/mol. The predicted molar refractivity (Wildman–Crippen MR) is 112 cm³/mol. The first-order valence-corrected chi connectivity index (χ1v) is 11.1. The minimum Gasteiger partial charge on any atom is -0.495 e. The molecule has 0 aromatic heterocycles. The molecule has 7 nitrogen and oxygen atoms in total. The summed E-state index contributed by atoms with van der Waals surface area (Å²) >= 11 is 0. The lowest BCUT2D eigenvalue weighted by molar-refractivity contribution is -0.115. The van der Waals surface area contributed by atoms with E-state index in [0.717, 1.165) is 6.54 Å². The third kappa shape index (κ3) is 5.14. The van der Waals surface area contributed by atoms with Crippen molar-refractivity contribution in [3.8, 4) is 5.75 Å². The van der Waals surface area contributed by atoms with Gasteiger partial charge in [0.2, 0.25) is 15.9 Å². The fourth-order valence-electron chi connectivity index (χ4n) is 3.30. The Kier molecular flexibility index (Phi) is 6.89. The number of anilines is 1. The second kappa shape index (κ2) is 9.39. The molecule has 1 N–H and O–H groups in total. The topological polar surface area (TPSA) is 79.0 Å². The number of nitrogens with zero attached hydrogens (tertiary/aromatic N) is 2. The van der Waals surface area contributed by atoms with Gasteiger partial charge in [0, 0.05) is 39.1 Å². The van der Waals surface area contributed by atoms with Crippen LogP contribution in [0.25, 0.3) is 0 Å². The van der Waals surface area contributed by atoms with Crippen LogP contribution in [0.4, 0.5) is 5.69 Å². The first-order chi connectivity index (χ1) is 13.9. The van der Waals surface area contributed by atoms with Gasteiger partial charge in [-0.25, -0.2) is 8.42 Å². The van der Waals surface area contributed by atoms with Gasteiger partial charge in [0.25, 0.3) is 0 Å². The zero-order valence-corrected chi connectivity index (χ0v) is 17.6. The summed E-state index contributed by atoms with van der Waals surface area (Å²) in [7, 11) is -2.17. The van der Waals surface area contributed by atoms with Crippen LogP contribution in [0.3, 0.4) is 0 Å². The maximum atomic E-state index is 13.1. The molecule has 0 radical (unpaired) electrons. The van der Waals surface area contributed by atoms with Crippen LogP contribution in [0.15, 0.2) is 53.4 Å². The summed E-state index contributed by atoms with van der Waals surface area (Å²) in [6.45, 7) is 4.74. The van der Waals surface area contributed by atoms with Crippen molar-refractivity contribution in [2.45, 2.75) is 24.8 Å². The van der Waals surface area contributed by atoms with Gasteiger partial charge in [-0.15, -0.1) is 0 Å². The van der Waals surface area contributed by atoms with Crippen LogP contribution in [-0.4, -0.2) is 56.8 Å². The third-order valence-electron chi connectivity index (χ3n) is 4.98. The molecule has 1 amide bonds. The number of hydrogen-bond donors (Lipinski definition) is 1. The smallest absolute Gasteiger partial charge is 0.243 e. The van der Waals surface area contributed by atoms with Gasteiger partial charge in [0.15, 0.2) is 0 Å². The number of methoxy groups -OCH3 is 1. The number of nitrogens with one attached hydrogen (secondary N) is 1. The number of benzene rings is 2. The predicted octanol–water partition coefficient (Wildman–Crippen LogP) is 2.55. The minimum atomic E-state index is -3.65. The Balaban J connectivity index is 1.71. The second-order valence-corrected chi connectivity index (χ2v) is 8.87. The van der Waals surface area contributed by atoms with Gasteiger partial charge in [-0.1, -0.05) is 37.3 Å². The molecule has 0 aliphatic carbocycles. The quantitative estimate of drug-likeness (QED) is 0.749. The van der Waals surface area contributed by atoms with E-state index in [1.165, 1.54) is 29.1 Å². The van der Waals surface area contributed by atoms with Gasteiger partial charge < -0.3 is 10.1 Å². The van der Waals surface area contributed by atoms with Gasteiger partial charge in [0.1, 0.15) is 5.75 Å². The molecular weight excluding hydrogens is 390 g/mol. The molecule has 1 aliphatic rings. The Morgan fingerprint density at radius 2 is 1.76 bits per heavy atom. The summed E-state index contributed by atoms with van der Waals surface area (Å²) in [5.74, 6) is 0.228. The summed E-state index contributed by atoms with van der Waals surface area (Å²) in [4.78, 5) is 14.2. The summed E-state index contributed by atoms with van der Waals surface area (Å²) in [5.41, 5.74) is 1.58. The lowest BCUT2D eigenvalue weighted by Gasteiger charge is -2.34. The number of piperazine rings is 1. The molecule has 2 aromatic rings. The molecule has 0 bridgehead atoms. The number of hydrogen-bond acceptors (Lipinski definition) is 5. The van der Waals surface area contributed by atoms with Gasteiger partial charge >= 0.3 is 0 Å². The van der Waals surface area contributed by atoms with Crippen molar-refractivity contribution < 1.29 is 17.9 Å². The number of carbonyl (C=O) groups excluding carboxylic acids is 1. The summed E-state index contributed by atoms with van der Waals surface area (Å²) in [6, 6.07) is 14.7. The molecule has 1 heterocycles. The van der Waals surface area contributed by atoms with Gasteiger partial charge in [-0.2, -0.15) is 4.31 Å². The van der Waals surface area contributed by atoms with Crippen molar-refractivity contribution in [2.75, 3.05) is 38.6 Å². The second-order valence-electron chi connectivity index (χ2n) is 6.93. The number of sulfonamides is 1. The van der Waals surface area contributed by atoms with E-state index in [9.17, 15) is 13.2 Å². The maximum absolute atomic E-state index is 13.1. The lowest BCUT2D eigenvalue weighted by Crippen LogP contribution is -2.48. The van der Waals surface area contributed by atoms with Gasteiger partial charge in [0.05, 0.1) is 17.7 Å². The summed E-state index contributed by atoms with van der Waals surface area (Å²) in [6.07, 6.45) is 0.295. The van der Waals surface area contributed by atoms with E-state index in [4.69, 9.17) is 4.74 Å². The van der Waals surface area contributed by atoms with Crippen molar-refractivity contribution in [1.82, 2.24) is 9.21 Å². The Hall–Kier alpha value is -2.42. The largest absolute Gasteiger partial charge is 0.495 e. The number of carbonyl (C=O) groups is 1. The zero-order valence-electron chi connectivity index (χ0n) is 16.8. The molecule has 29 heavy (non-hydrogen) atoms. The van der Waals surface area contributed by atoms with Crippen LogP contribution in [0.5, 0.6) is 5.75 Å². The van der Waals surface area contributed by atoms with E-state index in [2.05, 4.69) is 22.3 Å². The van der Waals surface area contributed by atoms with Gasteiger partial charge in [-0.3, -0.25) is 9.69 Å². The van der Waals surface area contributed by atoms with Gasteiger partial charge in [-0.05, 0) is 23.8 Å². The van der Waals surface area contributed by atoms with Crippen molar-refractivity contribution in [3.63, 3.8) is 0 Å². The standard InChI is InChI=1S/C21H27N3O4S/c1-3-21(25)22-19-15-18(9-10-20(19)28-2)29(26,27)24-13-11-23(12-14-24)16-17-7-5-4-6-8-17/h4-10,15H,3,11-14,16H2,1-2H3,(H,22,25). The molecule has 2 aromatic carbocycles. The molecule has 3 rings (SSSR count). The van der Waals surface area contributed by atoms with E-state index in [1.54, 1.807) is 13.0 Å². The normalized spacial score (nSPS) is 15.8.